The maximum absolute atomic E-state index is 13.3. The number of carboxylic acids is 1. The van der Waals surface area contributed by atoms with Crippen LogP contribution in [-0.2, 0) is 16.1 Å². The smallest absolute Gasteiger partial charge is 0.335 e. The van der Waals surface area contributed by atoms with E-state index < -0.39 is 5.97 Å². The molecule has 1 N–H and O–H groups in total. The number of ether oxygens (including phenoxy) is 2. The van der Waals surface area contributed by atoms with Crippen LogP contribution in [0.5, 0.6) is 5.75 Å². The van der Waals surface area contributed by atoms with Gasteiger partial charge in [0.25, 0.3) is 11.1 Å². The highest BCUT2D eigenvalue weighted by atomic mass is 32.2. The Hall–Kier alpha value is -4.34. The molecule has 0 aliphatic carbocycles. The molecule has 3 aliphatic rings. The Bertz CT molecular complexity index is 1940. The van der Waals surface area contributed by atoms with Gasteiger partial charge in [-0.2, -0.15) is 0 Å². The van der Waals surface area contributed by atoms with Crippen molar-refractivity contribution in [1.29, 1.82) is 0 Å². The molecule has 2 amide bonds. The fraction of sp³-hybridized carbons (Fsp3) is 0.361. The molecule has 2 aromatic heterocycles. The Morgan fingerprint density at radius 2 is 1.82 bits per heavy atom. The fourth-order valence-electron chi connectivity index (χ4n) is 6.28. The molecule has 3 saturated heterocycles. The summed E-state index contributed by atoms with van der Waals surface area (Å²) in [7, 11) is 2.13. The molecular weight excluding hydrogens is 677 g/mol. The van der Waals surface area contributed by atoms with E-state index in [-0.39, 0.29) is 29.9 Å². The van der Waals surface area contributed by atoms with Gasteiger partial charge in [-0.25, -0.2) is 14.8 Å². The summed E-state index contributed by atoms with van der Waals surface area (Å²) in [6.45, 7) is 7.61. The number of anilines is 1. The number of aromatic carboxylic acids is 1. The number of carboxylic acid groups (broad SMARTS) is 1. The van der Waals surface area contributed by atoms with Crippen LogP contribution >= 0.6 is 23.1 Å². The SMILES string of the molecule is CN1CCN(c2ncnc3ccc(-c4csc(C=C5SC(=O)N(CCCOc6ccc(C(=O)O)cc6CN6CCOCC6)C5=O)c4)cc23)CC1. The van der Waals surface area contributed by atoms with Gasteiger partial charge in [-0.3, -0.25) is 19.4 Å². The number of likely N-dealkylation sites (N-methyl/N-ethyl adjacent to an activating group) is 1. The molecule has 0 spiro atoms. The highest BCUT2D eigenvalue weighted by molar-refractivity contribution is 8.18. The lowest BCUT2D eigenvalue weighted by Crippen LogP contribution is -2.44. The van der Waals surface area contributed by atoms with E-state index in [1.165, 1.54) is 22.3 Å². The second-order valence-electron chi connectivity index (χ2n) is 12.5. The Morgan fingerprint density at radius 3 is 2.62 bits per heavy atom. The third-order valence-electron chi connectivity index (χ3n) is 9.11. The van der Waals surface area contributed by atoms with Gasteiger partial charge in [0.15, 0.2) is 0 Å². The van der Waals surface area contributed by atoms with Crippen LogP contribution in [0.25, 0.3) is 28.1 Å². The van der Waals surface area contributed by atoms with Crippen LogP contribution in [-0.4, -0.2) is 120 Å². The number of carbonyl (C=O) groups excluding carboxylic acids is 2. The largest absolute Gasteiger partial charge is 0.493 e. The van der Waals surface area contributed by atoms with Gasteiger partial charge in [-0.1, -0.05) is 6.07 Å². The predicted molar refractivity (Wildman–Crippen MR) is 195 cm³/mol. The van der Waals surface area contributed by atoms with Crippen molar-refractivity contribution in [3.05, 3.63) is 75.1 Å². The molecule has 5 heterocycles. The number of thiophene rings is 1. The summed E-state index contributed by atoms with van der Waals surface area (Å²) in [6.07, 6.45) is 3.86. The standard InChI is InChI=1S/C36H38N6O6S2/c1-39-8-10-41(11-9-39)33-29-19-24(3-5-30(29)37-23-38-33)27-18-28(49-22-27)20-32-34(43)42(36(46)50-32)7-2-14-48-31-6-4-25(35(44)45)17-26(31)21-40-12-15-47-16-13-40/h3-6,17-20,22-23H,2,7-16,21H2,1H3,(H,44,45). The van der Waals surface area contributed by atoms with E-state index in [4.69, 9.17) is 9.47 Å². The van der Waals surface area contributed by atoms with Crippen LogP contribution in [0.15, 0.2) is 59.1 Å². The van der Waals surface area contributed by atoms with Crippen LogP contribution in [0.3, 0.4) is 0 Å². The number of fused-ring (bicyclic) bond motifs is 1. The average Bonchev–Trinajstić information content (AvgIpc) is 3.70. The van der Waals surface area contributed by atoms with E-state index in [1.54, 1.807) is 24.5 Å². The zero-order valence-electron chi connectivity index (χ0n) is 27.7. The number of benzene rings is 2. The van der Waals surface area contributed by atoms with E-state index >= 15 is 0 Å². The van der Waals surface area contributed by atoms with Gasteiger partial charge in [0.05, 0.1) is 35.8 Å². The predicted octanol–water partition coefficient (Wildman–Crippen LogP) is 5.15. The highest BCUT2D eigenvalue weighted by Crippen LogP contribution is 2.36. The minimum atomic E-state index is -0.995. The third kappa shape index (κ3) is 7.69. The molecule has 3 aliphatic heterocycles. The first-order chi connectivity index (χ1) is 24.3. The lowest BCUT2D eigenvalue weighted by Gasteiger charge is -2.33. The summed E-state index contributed by atoms with van der Waals surface area (Å²) in [4.78, 5) is 56.2. The molecular formula is C36H38N6O6S2. The minimum Gasteiger partial charge on any atom is -0.493 e. The van der Waals surface area contributed by atoms with Crippen LogP contribution < -0.4 is 9.64 Å². The highest BCUT2D eigenvalue weighted by Gasteiger charge is 2.34. The van der Waals surface area contributed by atoms with Crippen LogP contribution in [0, 0.1) is 0 Å². The molecule has 4 aromatic rings. The van der Waals surface area contributed by atoms with E-state index in [1.807, 2.05) is 12.1 Å². The summed E-state index contributed by atoms with van der Waals surface area (Å²) in [5, 5.41) is 12.3. The van der Waals surface area contributed by atoms with Crippen LogP contribution in [0.1, 0.15) is 27.2 Å². The van der Waals surface area contributed by atoms with Crippen molar-refractivity contribution in [3.8, 4) is 16.9 Å². The van der Waals surface area contributed by atoms with Crippen molar-refractivity contribution in [3.63, 3.8) is 0 Å². The summed E-state index contributed by atoms with van der Waals surface area (Å²) in [5.41, 5.74) is 3.94. The molecule has 260 valence electrons. The first kappa shape index (κ1) is 34.1. The molecule has 0 radical (unpaired) electrons. The quantitative estimate of drug-likeness (QED) is 0.163. The lowest BCUT2D eigenvalue weighted by molar-refractivity contribution is -0.122. The number of aromatic nitrogens is 2. The van der Waals surface area contributed by atoms with E-state index in [0.29, 0.717) is 36.8 Å². The molecule has 0 saturated carbocycles. The number of hydrogen-bond donors (Lipinski definition) is 1. The number of morpholine rings is 1. The number of thioether (sulfide) groups is 1. The maximum atomic E-state index is 13.3. The van der Waals surface area contributed by atoms with Crippen molar-refractivity contribution in [2.24, 2.45) is 0 Å². The number of piperazine rings is 1. The molecule has 0 unspecified atom stereocenters. The number of hydrogen-bond acceptors (Lipinski definition) is 12. The Balaban J connectivity index is 0.983. The van der Waals surface area contributed by atoms with E-state index in [0.717, 1.165) is 89.3 Å². The average molecular weight is 715 g/mol. The first-order valence-corrected chi connectivity index (χ1v) is 18.3. The molecule has 12 nitrogen and oxygen atoms in total. The topological polar surface area (TPSA) is 129 Å². The molecule has 50 heavy (non-hydrogen) atoms. The van der Waals surface area contributed by atoms with Gasteiger partial charge < -0.3 is 24.4 Å². The van der Waals surface area contributed by atoms with Crippen molar-refractivity contribution in [2.75, 3.05) is 77.6 Å². The maximum Gasteiger partial charge on any atom is 0.335 e. The third-order valence-corrected chi connectivity index (χ3v) is 10.9. The van der Waals surface area contributed by atoms with Gasteiger partial charge in [-0.15, -0.1) is 11.3 Å². The Morgan fingerprint density at radius 1 is 1.00 bits per heavy atom. The van der Waals surface area contributed by atoms with Crippen LogP contribution in [0.2, 0.25) is 0 Å². The number of carbonyl (C=O) groups is 3. The van der Waals surface area contributed by atoms with Gasteiger partial charge in [-0.05, 0) is 84.2 Å². The molecule has 3 fully saturated rings. The fourth-order valence-corrected chi connectivity index (χ4v) is 8.06. The monoisotopic (exact) mass is 714 g/mol. The normalized spacial score (nSPS) is 18.5. The lowest BCUT2D eigenvalue weighted by atomic mass is 10.1. The Labute approximate surface area is 298 Å². The van der Waals surface area contributed by atoms with Crippen molar-refractivity contribution >= 4 is 63.0 Å². The molecule has 14 heteroatoms. The summed E-state index contributed by atoms with van der Waals surface area (Å²) < 4.78 is 11.5. The van der Waals surface area contributed by atoms with Crippen LogP contribution in [0.4, 0.5) is 10.6 Å². The molecule has 7 rings (SSSR count). The zero-order chi connectivity index (χ0) is 34.6. The second kappa shape index (κ2) is 15.3. The number of imide groups is 1. The van der Waals surface area contributed by atoms with E-state index in [2.05, 4.69) is 49.2 Å². The van der Waals surface area contributed by atoms with Crippen molar-refractivity contribution < 1.29 is 29.0 Å². The Kier molecular flexibility index (Phi) is 10.4. The first-order valence-electron chi connectivity index (χ1n) is 16.6. The minimum absolute atomic E-state index is 0.199. The summed E-state index contributed by atoms with van der Waals surface area (Å²) >= 11 is 2.47. The van der Waals surface area contributed by atoms with E-state index in [9.17, 15) is 19.5 Å². The number of rotatable bonds is 11. The number of nitrogens with zero attached hydrogens (tertiary/aromatic N) is 6. The van der Waals surface area contributed by atoms with Gasteiger partial charge in [0, 0.05) is 68.2 Å². The zero-order valence-corrected chi connectivity index (χ0v) is 29.4. The summed E-state index contributed by atoms with van der Waals surface area (Å²) in [5.74, 6) is 0.237. The summed E-state index contributed by atoms with van der Waals surface area (Å²) in [6, 6.07) is 13.1. The molecule has 2 aromatic carbocycles. The molecule has 0 bridgehead atoms. The van der Waals surface area contributed by atoms with Gasteiger partial charge >= 0.3 is 5.97 Å². The second-order valence-corrected chi connectivity index (χ2v) is 14.4. The van der Waals surface area contributed by atoms with Crippen molar-refractivity contribution in [1.82, 2.24) is 24.7 Å². The van der Waals surface area contributed by atoms with Crippen molar-refractivity contribution in [2.45, 2.75) is 13.0 Å². The molecule has 0 atom stereocenters. The van der Waals surface area contributed by atoms with Gasteiger partial charge in [0.1, 0.15) is 17.9 Å². The van der Waals surface area contributed by atoms with Gasteiger partial charge in [0.2, 0.25) is 0 Å². The number of amides is 2.